The zero-order valence-corrected chi connectivity index (χ0v) is 13.1. The predicted octanol–water partition coefficient (Wildman–Crippen LogP) is 2.59. The number of ether oxygens (including phenoxy) is 1. The van der Waals surface area contributed by atoms with Crippen molar-refractivity contribution >= 4 is 11.6 Å². The third-order valence-corrected chi connectivity index (χ3v) is 4.09. The number of piperidine rings is 1. The third-order valence-electron chi connectivity index (χ3n) is 4.09. The van der Waals surface area contributed by atoms with Crippen LogP contribution in [0.4, 0.5) is 5.69 Å². The van der Waals surface area contributed by atoms with Crippen LogP contribution in [0.25, 0.3) is 0 Å². The molecule has 0 aromatic carbocycles. The summed E-state index contributed by atoms with van der Waals surface area (Å²) in [5, 5.41) is 6.34. The van der Waals surface area contributed by atoms with Crippen LogP contribution < -0.4 is 15.4 Å². The van der Waals surface area contributed by atoms with Crippen LogP contribution in [0.15, 0.2) is 18.3 Å². The minimum Gasteiger partial charge on any atom is -0.473 e. The number of amides is 1. The summed E-state index contributed by atoms with van der Waals surface area (Å²) in [4.78, 5) is 17.0. The highest BCUT2D eigenvalue weighted by molar-refractivity contribution is 5.96. The Morgan fingerprint density at radius 3 is 2.81 bits per heavy atom. The third kappa shape index (κ3) is 3.73. The molecule has 1 aromatic rings. The van der Waals surface area contributed by atoms with Gasteiger partial charge in [0.25, 0.3) is 0 Å². The summed E-state index contributed by atoms with van der Waals surface area (Å²) in [5.41, 5.74) is 0.374. The molecule has 5 heteroatoms. The van der Waals surface area contributed by atoms with Crippen LogP contribution in [0.2, 0.25) is 0 Å². The number of nitrogens with one attached hydrogen (secondary N) is 2. The quantitative estimate of drug-likeness (QED) is 0.875. The van der Waals surface area contributed by atoms with Crippen LogP contribution in [-0.4, -0.2) is 30.1 Å². The lowest BCUT2D eigenvalue weighted by molar-refractivity contribution is -0.127. The Labute approximate surface area is 126 Å². The summed E-state index contributed by atoms with van der Waals surface area (Å²) in [6.45, 7) is 7.76. The van der Waals surface area contributed by atoms with E-state index in [9.17, 15) is 4.79 Å². The van der Waals surface area contributed by atoms with Gasteiger partial charge in [-0.2, -0.15) is 0 Å². The van der Waals surface area contributed by atoms with E-state index in [1.807, 2.05) is 26.0 Å². The predicted molar refractivity (Wildman–Crippen MR) is 83.5 cm³/mol. The molecule has 5 nitrogen and oxygen atoms in total. The zero-order chi connectivity index (χ0) is 15.3. The van der Waals surface area contributed by atoms with E-state index < -0.39 is 0 Å². The van der Waals surface area contributed by atoms with E-state index in [2.05, 4.69) is 22.5 Å². The number of anilines is 1. The molecule has 1 aliphatic heterocycles. The summed E-state index contributed by atoms with van der Waals surface area (Å²) in [6.07, 6.45) is 4.29. The van der Waals surface area contributed by atoms with Gasteiger partial charge in [0, 0.05) is 6.20 Å². The number of hydrogen-bond acceptors (Lipinski definition) is 4. The largest absolute Gasteiger partial charge is 0.473 e. The van der Waals surface area contributed by atoms with Gasteiger partial charge in [-0.05, 0) is 58.3 Å². The van der Waals surface area contributed by atoms with Crippen molar-refractivity contribution in [3.63, 3.8) is 0 Å². The molecule has 2 heterocycles. The molecule has 0 saturated carbocycles. The molecular formula is C16H25N3O2. The fourth-order valence-electron chi connectivity index (χ4n) is 2.70. The van der Waals surface area contributed by atoms with Crippen molar-refractivity contribution < 1.29 is 9.53 Å². The summed E-state index contributed by atoms with van der Waals surface area (Å²) in [6, 6.07) is 3.65. The molecule has 1 fully saturated rings. The molecule has 1 amide bonds. The van der Waals surface area contributed by atoms with Crippen molar-refractivity contribution in [1.29, 1.82) is 0 Å². The van der Waals surface area contributed by atoms with Gasteiger partial charge in [-0.1, -0.05) is 6.92 Å². The topological polar surface area (TPSA) is 63.2 Å². The summed E-state index contributed by atoms with van der Waals surface area (Å²) in [5.74, 6) is 0.564. The highest BCUT2D eigenvalue weighted by Crippen LogP contribution is 2.35. The number of rotatable bonds is 5. The molecule has 0 unspecified atom stereocenters. The minimum atomic E-state index is -0.282. The first-order valence-electron chi connectivity index (χ1n) is 7.71. The number of pyridine rings is 1. The van der Waals surface area contributed by atoms with Crippen LogP contribution in [0.3, 0.4) is 0 Å². The van der Waals surface area contributed by atoms with Gasteiger partial charge in [0.2, 0.25) is 11.8 Å². The Hall–Kier alpha value is -1.62. The number of carbonyl (C=O) groups is 1. The smallest absolute Gasteiger partial charge is 0.238 e. The first kappa shape index (κ1) is 15.8. The molecule has 0 radical (unpaired) electrons. The molecule has 0 aliphatic carbocycles. The van der Waals surface area contributed by atoms with Crippen molar-refractivity contribution in [3.05, 3.63) is 18.3 Å². The van der Waals surface area contributed by atoms with Crippen LogP contribution in [0.1, 0.15) is 40.0 Å². The Bertz CT molecular complexity index is 482. The standard InChI is InChI=1S/C16H25N3O2/c1-4-16(7-10-17-11-8-16)15(20)19-13-6-5-9-18-14(13)21-12(2)3/h5-6,9,12,17H,4,7-8,10-11H2,1-3H3,(H,19,20). The van der Waals surface area contributed by atoms with Crippen LogP contribution >= 0.6 is 0 Å². The maximum Gasteiger partial charge on any atom is 0.238 e. The summed E-state index contributed by atoms with van der Waals surface area (Å²) < 4.78 is 5.66. The molecule has 1 saturated heterocycles. The Kier molecular flexibility index (Phi) is 5.17. The van der Waals surface area contributed by atoms with Gasteiger partial charge in [0.05, 0.1) is 11.5 Å². The van der Waals surface area contributed by atoms with Gasteiger partial charge in [-0.3, -0.25) is 4.79 Å². The second-order valence-electron chi connectivity index (χ2n) is 5.86. The highest BCUT2D eigenvalue weighted by atomic mass is 16.5. The van der Waals surface area contributed by atoms with Gasteiger partial charge >= 0.3 is 0 Å². The van der Waals surface area contributed by atoms with Crippen LogP contribution in [0, 0.1) is 5.41 Å². The number of hydrogen-bond donors (Lipinski definition) is 2. The fourth-order valence-corrected chi connectivity index (χ4v) is 2.70. The average Bonchev–Trinajstić information content (AvgIpc) is 2.49. The molecule has 2 rings (SSSR count). The maximum absolute atomic E-state index is 12.7. The van der Waals surface area contributed by atoms with Gasteiger partial charge in [0.1, 0.15) is 5.69 Å². The lowest BCUT2D eigenvalue weighted by Crippen LogP contribution is -2.44. The van der Waals surface area contributed by atoms with Crippen molar-refractivity contribution in [1.82, 2.24) is 10.3 Å². The molecule has 0 bridgehead atoms. The van der Waals surface area contributed by atoms with E-state index in [0.29, 0.717) is 11.6 Å². The van der Waals surface area contributed by atoms with Gasteiger partial charge < -0.3 is 15.4 Å². The first-order chi connectivity index (χ1) is 10.1. The number of nitrogens with zero attached hydrogens (tertiary/aromatic N) is 1. The number of carbonyl (C=O) groups excluding carboxylic acids is 1. The fraction of sp³-hybridized carbons (Fsp3) is 0.625. The highest BCUT2D eigenvalue weighted by Gasteiger charge is 2.38. The van der Waals surface area contributed by atoms with Gasteiger partial charge in [0.15, 0.2) is 0 Å². The molecule has 0 atom stereocenters. The Morgan fingerprint density at radius 1 is 1.48 bits per heavy atom. The Balaban J connectivity index is 2.15. The molecule has 2 N–H and O–H groups in total. The summed E-state index contributed by atoms with van der Waals surface area (Å²) in [7, 11) is 0. The minimum absolute atomic E-state index is 0.0227. The normalized spacial score (nSPS) is 17.5. The first-order valence-corrected chi connectivity index (χ1v) is 7.71. The van der Waals surface area contributed by atoms with Crippen molar-refractivity contribution in [2.24, 2.45) is 5.41 Å². The van der Waals surface area contributed by atoms with Gasteiger partial charge in [-0.25, -0.2) is 4.98 Å². The van der Waals surface area contributed by atoms with Crippen molar-refractivity contribution in [2.75, 3.05) is 18.4 Å². The molecule has 1 aliphatic rings. The molecule has 0 spiro atoms. The monoisotopic (exact) mass is 291 g/mol. The molecule has 1 aromatic heterocycles. The zero-order valence-electron chi connectivity index (χ0n) is 13.1. The van der Waals surface area contributed by atoms with E-state index in [-0.39, 0.29) is 17.4 Å². The van der Waals surface area contributed by atoms with Crippen LogP contribution in [-0.2, 0) is 4.79 Å². The summed E-state index contributed by atoms with van der Waals surface area (Å²) >= 11 is 0. The van der Waals surface area contributed by atoms with Gasteiger partial charge in [-0.15, -0.1) is 0 Å². The molecule has 116 valence electrons. The lowest BCUT2D eigenvalue weighted by atomic mass is 9.76. The van der Waals surface area contributed by atoms with Crippen molar-refractivity contribution in [3.8, 4) is 5.88 Å². The molecule has 21 heavy (non-hydrogen) atoms. The van der Waals surface area contributed by atoms with E-state index >= 15 is 0 Å². The van der Waals surface area contributed by atoms with E-state index in [0.717, 1.165) is 32.4 Å². The second kappa shape index (κ2) is 6.89. The Morgan fingerprint density at radius 2 is 2.19 bits per heavy atom. The van der Waals surface area contributed by atoms with E-state index in [1.54, 1.807) is 6.20 Å². The maximum atomic E-state index is 12.7. The van der Waals surface area contributed by atoms with Crippen molar-refractivity contribution in [2.45, 2.75) is 46.1 Å². The SMILES string of the molecule is CCC1(C(=O)Nc2cccnc2OC(C)C)CCNCC1. The van der Waals surface area contributed by atoms with E-state index in [4.69, 9.17) is 4.74 Å². The van der Waals surface area contributed by atoms with E-state index in [1.165, 1.54) is 0 Å². The number of aromatic nitrogens is 1. The second-order valence-corrected chi connectivity index (χ2v) is 5.86. The lowest BCUT2D eigenvalue weighted by Gasteiger charge is -2.35. The van der Waals surface area contributed by atoms with Crippen LogP contribution in [0.5, 0.6) is 5.88 Å². The average molecular weight is 291 g/mol. The molecular weight excluding hydrogens is 266 g/mol.